The van der Waals surface area contributed by atoms with Crippen LogP contribution in [0.2, 0.25) is 18.6 Å². The van der Waals surface area contributed by atoms with Crippen molar-refractivity contribution in [1.29, 1.82) is 0 Å². The minimum atomic E-state index is -2.80. The first-order chi connectivity index (χ1) is 19.6. The molecule has 216 valence electrons. The highest BCUT2D eigenvalue weighted by atomic mass is 28.4. The molecule has 0 bridgehead atoms. The Morgan fingerprint density at radius 1 is 1.17 bits per heavy atom. The predicted octanol–water partition coefficient (Wildman–Crippen LogP) is 3.00. The lowest BCUT2D eigenvalue weighted by atomic mass is 9.82. The summed E-state index contributed by atoms with van der Waals surface area (Å²) in [4.78, 5) is 41.0. The molecule has 3 aromatic rings. The van der Waals surface area contributed by atoms with Gasteiger partial charge in [0.15, 0.2) is 13.9 Å². The van der Waals surface area contributed by atoms with Gasteiger partial charge in [0, 0.05) is 55.5 Å². The van der Waals surface area contributed by atoms with Crippen LogP contribution >= 0.6 is 0 Å². The number of β-lactam (4-membered cyclic amide) rings is 1. The molecule has 6 rings (SSSR count). The zero-order chi connectivity index (χ0) is 29.1. The van der Waals surface area contributed by atoms with Crippen LogP contribution in [0.5, 0.6) is 0 Å². The fraction of sp³-hybridized carbons (Fsp3) is 0.467. The molecule has 0 aliphatic carbocycles. The van der Waals surface area contributed by atoms with Gasteiger partial charge in [0.1, 0.15) is 0 Å². The number of hydrogen-bond donors (Lipinski definition) is 2. The molecule has 0 saturated carbocycles. The summed E-state index contributed by atoms with van der Waals surface area (Å²) in [5, 5.41) is 18.7. The van der Waals surface area contributed by atoms with Gasteiger partial charge in [-0.3, -0.25) is 14.3 Å². The molecule has 4 heterocycles. The summed E-state index contributed by atoms with van der Waals surface area (Å²) >= 11 is 0. The number of anilines is 2. The third-order valence-corrected chi connectivity index (χ3v) is 11.7. The van der Waals surface area contributed by atoms with Gasteiger partial charge < -0.3 is 24.4 Å². The van der Waals surface area contributed by atoms with Gasteiger partial charge in [0.2, 0.25) is 5.91 Å². The summed E-state index contributed by atoms with van der Waals surface area (Å²) in [6.07, 6.45) is 2.52. The lowest BCUT2D eigenvalue weighted by molar-refractivity contribution is -0.145. The highest BCUT2D eigenvalue weighted by Gasteiger charge is 2.65. The normalized spacial score (nSPS) is 26.5. The topological polar surface area (TPSA) is 121 Å². The number of aliphatic hydroxyl groups is 1. The summed E-state index contributed by atoms with van der Waals surface area (Å²) in [5.41, 5.74) is 2.50. The Kier molecular flexibility index (Phi) is 6.88. The van der Waals surface area contributed by atoms with Crippen molar-refractivity contribution >= 4 is 31.5 Å². The van der Waals surface area contributed by atoms with Gasteiger partial charge in [0.25, 0.3) is 5.91 Å². The lowest BCUT2D eigenvalue weighted by Gasteiger charge is -2.33. The van der Waals surface area contributed by atoms with Crippen LogP contribution in [-0.4, -0.2) is 71.3 Å². The number of carbonyl (C=O) groups is 2. The minimum absolute atomic E-state index is 0.0691. The number of nitrogens with zero attached hydrogens (tertiary/aromatic N) is 5. The third kappa shape index (κ3) is 4.42. The molecule has 3 aliphatic heterocycles. The molecule has 0 radical (unpaired) electrons. The number of rotatable bonds is 8. The second-order valence-electron chi connectivity index (χ2n) is 12.1. The van der Waals surface area contributed by atoms with Crippen molar-refractivity contribution < 1.29 is 24.2 Å². The van der Waals surface area contributed by atoms with E-state index in [2.05, 4.69) is 10.3 Å². The number of ether oxygens (including phenoxy) is 1. The first kappa shape index (κ1) is 27.8. The number of aryl methyl sites for hydroxylation is 1. The average molecular weight is 576 g/mol. The van der Waals surface area contributed by atoms with E-state index in [1.165, 1.54) is 0 Å². The van der Waals surface area contributed by atoms with Gasteiger partial charge >= 0.3 is 0 Å². The fourth-order valence-electron chi connectivity index (χ4n) is 7.09. The molecule has 1 spiro atoms. The van der Waals surface area contributed by atoms with Crippen LogP contribution < -0.4 is 9.80 Å². The summed E-state index contributed by atoms with van der Waals surface area (Å²) in [6.45, 7) is 6.88. The first-order valence-electron chi connectivity index (χ1n) is 14.2. The molecule has 2 fully saturated rings. The minimum Gasteiger partial charge on any atom is -0.432 e. The summed E-state index contributed by atoms with van der Waals surface area (Å²) in [7, 11) is -1.04. The number of aromatic nitrogens is 3. The quantitative estimate of drug-likeness (QED) is 0.313. The molecule has 1 unspecified atom stereocenters. The molecule has 41 heavy (non-hydrogen) atoms. The molecule has 11 heteroatoms. The van der Waals surface area contributed by atoms with Gasteiger partial charge in [0.05, 0.1) is 30.0 Å². The lowest BCUT2D eigenvalue weighted by Crippen LogP contribution is -2.45. The van der Waals surface area contributed by atoms with E-state index >= 15 is 0 Å². The van der Waals surface area contributed by atoms with E-state index in [-0.39, 0.29) is 41.9 Å². The number of aliphatic hydroxyl groups excluding tert-OH is 1. The van der Waals surface area contributed by atoms with Crippen LogP contribution in [0.15, 0.2) is 54.7 Å². The Bertz CT molecular complexity index is 1470. The number of amides is 2. The molecule has 10 nitrogen and oxygen atoms in total. The van der Waals surface area contributed by atoms with Crippen molar-refractivity contribution in [1.82, 2.24) is 15.0 Å². The van der Waals surface area contributed by atoms with Crippen LogP contribution in [0.4, 0.5) is 11.4 Å². The molecule has 1 aromatic heterocycles. The fourth-order valence-corrected chi connectivity index (χ4v) is 9.70. The highest BCUT2D eigenvalue weighted by molar-refractivity contribution is 6.71. The van der Waals surface area contributed by atoms with Gasteiger partial charge in [-0.05, 0) is 43.3 Å². The average Bonchev–Trinajstić information content (AvgIpc) is 3.58. The Hall–Kier alpha value is -3.38. The third-order valence-electron chi connectivity index (χ3n) is 9.20. The predicted molar refractivity (Wildman–Crippen MR) is 156 cm³/mol. The van der Waals surface area contributed by atoms with Gasteiger partial charge in [-0.1, -0.05) is 42.5 Å². The second-order valence-corrected chi connectivity index (χ2v) is 16.0. The van der Waals surface area contributed by atoms with E-state index in [1.54, 1.807) is 21.5 Å². The summed E-state index contributed by atoms with van der Waals surface area (Å²) in [5.74, 6) is -0.627. The maximum Gasteiger partial charge on any atom is 0.264 e. The van der Waals surface area contributed by atoms with Crippen LogP contribution in [-0.2, 0) is 26.5 Å². The smallest absolute Gasteiger partial charge is 0.264 e. The SMILES string of the molecule is C[C@@H]1[C@@H]([Si](C)(C)O)[C@H](CCn2cc(C(CO)c3ccccc3)nn2)O[C@@]12C(=O)N(C)c1ccc(N3CCC3=O)cc12. The number of hydrogen-bond acceptors (Lipinski definition) is 7. The number of carbonyl (C=O) groups excluding carboxylic acids is 2. The van der Waals surface area contributed by atoms with Crippen LogP contribution in [0.1, 0.15) is 42.5 Å². The summed E-state index contributed by atoms with van der Waals surface area (Å²) in [6, 6.07) is 15.4. The maximum absolute atomic E-state index is 14.0. The van der Waals surface area contributed by atoms with Gasteiger partial charge in [-0.2, -0.15) is 0 Å². The van der Waals surface area contributed by atoms with Crippen molar-refractivity contribution in [3.63, 3.8) is 0 Å². The van der Waals surface area contributed by atoms with E-state index in [0.29, 0.717) is 31.6 Å². The van der Waals surface area contributed by atoms with E-state index in [9.17, 15) is 19.5 Å². The standard InChI is InChI=1S/C30H37N5O5Si/c1-19-28(41(3,4)39)26(12-14-34-17-24(31-32-34)22(18-36)20-8-6-5-7-9-20)40-30(19)23-16-21(35-15-13-27(35)37)10-11-25(23)33(2)29(30)38/h5-11,16-17,19,22,26,28,36,39H,12-15,18H2,1-4H3/t19-,22?,26+,28-,30+/m1/s1. The second kappa shape index (κ2) is 10.2. The van der Waals surface area contributed by atoms with Gasteiger partial charge in [-0.15, -0.1) is 5.10 Å². The van der Waals surface area contributed by atoms with Crippen LogP contribution in [0, 0.1) is 5.92 Å². The van der Waals surface area contributed by atoms with Crippen molar-refractivity contribution in [3.05, 3.63) is 71.5 Å². The van der Waals surface area contributed by atoms with Crippen molar-refractivity contribution in [3.8, 4) is 0 Å². The molecule has 2 aromatic carbocycles. The maximum atomic E-state index is 14.0. The monoisotopic (exact) mass is 575 g/mol. The Labute approximate surface area is 240 Å². The summed E-state index contributed by atoms with van der Waals surface area (Å²) < 4.78 is 8.57. The van der Waals surface area contributed by atoms with E-state index in [4.69, 9.17) is 4.74 Å². The highest BCUT2D eigenvalue weighted by Crippen LogP contribution is 2.59. The zero-order valence-electron chi connectivity index (χ0n) is 23.9. The van der Waals surface area contributed by atoms with E-state index < -0.39 is 13.9 Å². The zero-order valence-corrected chi connectivity index (χ0v) is 24.9. The number of likely N-dealkylation sites (N-methyl/N-ethyl adjacent to an activating group) is 1. The van der Waals surface area contributed by atoms with Crippen LogP contribution in [0.25, 0.3) is 0 Å². The molecule has 2 amide bonds. The van der Waals surface area contributed by atoms with E-state index in [1.807, 2.05) is 74.7 Å². The Morgan fingerprint density at radius 2 is 1.93 bits per heavy atom. The first-order valence-corrected chi connectivity index (χ1v) is 17.3. The molecular weight excluding hydrogens is 538 g/mol. The Balaban J connectivity index is 1.29. The van der Waals surface area contributed by atoms with E-state index in [0.717, 1.165) is 22.5 Å². The molecule has 2 saturated heterocycles. The molecule has 3 aliphatic rings. The molecule has 2 N–H and O–H groups in total. The van der Waals surface area contributed by atoms with Gasteiger partial charge in [-0.25, -0.2) is 0 Å². The van der Waals surface area contributed by atoms with Crippen molar-refractivity contribution in [2.75, 3.05) is 30.0 Å². The molecule has 5 atom stereocenters. The number of fused-ring (bicyclic) bond motifs is 2. The number of benzene rings is 2. The Morgan fingerprint density at radius 3 is 2.56 bits per heavy atom. The molecular formula is C30H37N5O5Si. The largest absolute Gasteiger partial charge is 0.432 e. The van der Waals surface area contributed by atoms with Crippen molar-refractivity contribution in [2.24, 2.45) is 5.92 Å². The van der Waals surface area contributed by atoms with Crippen LogP contribution in [0.3, 0.4) is 0 Å². The van der Waals surface area contributed by atoms with Crippen molar-refractivity contribution in [2.45, 2.75) is 62.6 Å².